The normalized spacial score (nSPS) is 26.8. The topological polar surface area (TPSA) is 43.8 Å². The number of aliphatic hydroxyl groups excluding tert-OH is 1. The SMILES string of the molecule is O=C(Cc1ccccc1)N1CCC2(CC1)CN(C1CCC1)CC2CO. The first-order chi connectivity index (χ1) is 12.2. The number of amides is 1. The lowest BCUT2D eigenvalue weighted by atomic mass is 9.71. The van der Waals surface area contributed by atoms with E-state index < -0.39 is 0 Å². The van der Waals surface area contributed by atoms with E-state index in [2.05, 4.69) is 4.90 Å². The van der Waals surface area contributed by atoms with Gasteiger partial charge in [-0.3, -0.25) is 9.69 Å². The molecule has 1 aromatic rings. The standard InChI is InChI=1S/C21H30N2O2/c24-15-18-14-23(19-7-4-8-19)16-21(18)9-11-22(12-10-21)20(25)13-17-5-2-1-3-6-17/h1-3,5-6,18-19,24H,4,7-16H2. The van der Waals surface area contributed by atoms with Crippen molar-refractivity contribution in [3.05, 3.63) is 35.9 Å². The van der Waals surface area contributed by atoms with Crippen molar-refractivity contribution < 1.29 is 9.90 Å². The van der Waals surface area contributed by atoms with Crippen LogP contribution in [0.4, 0.5) is 0 Å². The average molecular weight is 342 g/mol. The van der Waals surface area contributed by atoms with E-state index >= 15 is 0 Å². The number of rotatable bonds is 4. The molecule has 2 heterocycles. The Bertz CT molecular complexity index is 591. The van der Waals surface area contributed by atoms with Crippen molar-refractivity contribution in [3.63, 3.8) is 0 Å². The third-order valence-corrected chi connectivity index (χ3v) is 6.96. The number of hydrogen-bond acceptors (Lipinski definition) is 3. The minimum Gasteiger partial charge on any atom is -0.396 e. The molecule has 4 nitrogen and oxygen atoms in total. The van der Waals surface area contributed by atoms with Gasteiger partial charge in [0, 0.05) is 44.7 Å². The van der Waals surface area contributed by atoms with Crippen molar-refractivity contribution in [1.82, 2.24) is 9.80 Å². The monoisotopic (exact) mass is 342 g/mol. The zero-order chi connectivity index (χ0) is 17.3. The predicted molar refractivity (Wildman–Crippen MR) is 98.2 cm³/mol. The van der Waals surface area contributed by atoms with Gasteiger partial charge < -0.3 is 10.0 Å². The summed E-state index contributed by atoms with van der Waals surface area (Å²) in [6.45, 7) is 4.17. The molecule has 1 aromatic carbocycles. The van der Waals surface area contributed by atoms with E-state index in [4.69, 9.17) is 0 Å². The summed E-state index contributed by atoms with van der Waals surface area (Å²) >= 11 is 0. The molecule has 1 spiro atoms. The Hall–Kier alpha value is -1.39. The second kappa shape index (κ2) is 7.08. The molecule has 3 fully saturated rings. The minimum absolute atomic E-state index is 0.230. The van der Waals surface area contributed by atoms with Crippen molar-refractivity contribution >= 4 is 5.91 Å². The molecule has 1 atom stereocenters. The zero-order valence-corrected chi connectivity index (χ0v) is 15.1. The summed E-state index contributed by atoms with van der Waals surface area (Å²) in [6.07, 6.45) is 6.61. The number of piperidine rings is 1. The highest BCUT2D eigenvalue weighted by Gasteiger charge is 2.49. The maximum atomic E-state index is 12.6. The predicted octanol–water partition coefficient (Wildman–Crippen LogP) is 2.31. The molecule has 1 amide bonds. The number of carbonyl (C=O) groups excluding carboxylic acids is 1. The van der Waals surface area contributed by atoms with Crippen molar-refractivity contribution in [2.75, 3.05) is 32.8 Å². The highest BCUT2D eigenvalue weighted by molar-refractivity contribution is 5.78. The molecule has 2 aliphatic heterocycles. The van der Waals surface area contributed by atoms with Crippen LogP contribution in [0.3, 0.4) is 0 Å². The number of likely N-dealkylation sites (tertiary alicyclic amines) is 2. The molecular formula is C21H30N2O2. The van der Waals surface area contributed by atoms with E-state index in [-0.39, 0.29) is 11.3 Å². The molecule has 0 bridgehead atoms. The van der Waals surface area contributed by atoms with Gasteiger partial charge in [0.05, 0.1) is 6.42 Å². The van der Waals surface area contributed by atoms with E-state index in [1.165, 1.54) is 19.3 Å². The molecule has 0 aromatic heterocycles. The molecule has 2 saturated heterocycles. The quantitative estimate of drug-likeness (QED) is 0.913. The number of carbonyl (C=O) groups is 1. The molecule has 136 valence electrons. The number of benzene rings is 1. The van der Waals surface area contributed by atoms with E-state index in [1.807, 2.05) is 35.2 Å². The van der Waals surface area contributed by atoms with Gasteiger partial charge >= 0.3 is 0 Å². The lowest BCUT2D eigenvalue weighted by molar-refractivity contribution is -0.133. The van der Waals surface area contributed by atoms with Gasteiger partial charge in [0.2, 0.25) is 5.91 Å². The van der Waals surface area contributed by atoms with Gasteiger partial charge in [-0.2, -0.15) is 0 Å². The Morgan fingerprint density at radius 1 is 1.16 bits per heavy atom. The largest absolute Gasteiger partial charge is 0.396 e. The van der Waals surface area contributed by atoms with Gasteiger partial charge in [-0.25, -0.2) is 0 Å². The Kier molecular flexibility index (Phi) is 4.83. The third kappa shape index (κ3) is 3.34. The fraction of sp³-hybridized carbons (Fsp3) is 0.667. The van der Waals surface area contributed by atoms with Gasteiger partial charge in [-0.15, -0.1) is 0 Å². The highest BCUT2D eigenvalue weighted by atomic mass is 16.3. The molecule has 1 aliphatic carbocycles. The summed E-state index contributed by atoms with van der Waals surface area (Å²) in [7, 11) is 0. The molecule has 4 rings (SSSR count). The highest BCUT2D eigenvalue weighted by Crippen LogP contribution is 2.46. The number of hydrogen-bond donors (Lipinski definition) is 1. The zero-order valence-electron chi connectivity index (χ0n) is 15.1. The van der Waals surface area contributed by atoms with Gasteiger partial charge in [-0.05, 0) is 36.7 Å². The maximum Gasteiger partial charge on any atom is 0.226 e. The molecule has 3 aliphatic rings. The van der Waals surface area contributed by atoms with Crippen molar-refractivity contribution in [2.45, 2.75) is 44.6 Å². The summed E-state index contributed by atoms with van der Waals surface area (Å²) in [6, 6.07) is 10.8. The second-order valence-corrected chi connectivity index (χ2v) is 8.30. The van der Waals surface area contributed by atoms with Gasteiger partial charge in [0.15, 0.2) is 0 Å². The van der Waals surface area contributed by atoms with E-state index in [1.54, 1.807) is 0 Å². The van der Waals surface area contributed by atoms with Crippen molar-refractivity contribution in [3.8, 4) is 0 Å². The molecule has 1 saturated carbocycles. The summed E-state index contributed by atoms with van der Waals surface area (Å²) in [5, 5.41) is 9.94. The maximum absolute atomic E-state index is 12.6. The molecular weight excluding hydrogens is 312 g/mol. The van der Waals surface area contributed by atoms with Crippen LogP contribution in [-0.2, 0) is 11.2 Å². The van der Waals surface area contributed by atoms with E-state index in [0.717, 1.165) is 50.6 Å². The van der Waals surface area contributed by atoms with Crippen LogP contribution in [0.15, 0.2) is 30.3 Å². The first-order valence-corrected chi connectivity index (χ1v) is 9.87. The number of nitrogens with zero attached hydrogens (tertiary/aromatic N) is 2. The fourth-order valence-electron chi connectivity index (χ4n) is 5.01. The van der Waals surface area contributed by atoms with Crippen LogP contribution in [0.1, 0.15) is 37.7 Å². The van der Waals surface area contributed by atoms with Crippen LogP contribution in [-0.4, -0.2) is 59.6 Å². The Morgan fingerprint density at radius 2 is 1.88 bits per heavy atom. The van der Waals surface area contributed by atoms with Crippen LogP contribution in [0, 0.1) is 11.3 Å². The van der Waals surface area contributed by atoms with Crippen molar-refractivity contribution in [1.29, 1.82) is 0 Å². The first-order valence-electron chi connectivity index (χ1n) is 9.87. The summed E-state index contributed by atoms with van der Waals surface area (Å²) in [5.41, 5.74) is 1.33. The molecule has 25 heavy (non-hydrogen) atoms. The summed E-state index contributed by atoms with van der Waals surface area (Å²) in [5.74, 6) is 0.634. The lowest BCUT2D eigenvalue weighted by Gasteiger charge is -2.43. The minimum atomic E-state index is 0.230. The molecule has 1 unspecified atom stereocenters. The smallest absolute Gasteiger partial charge is 0.226 e. The van der Waals surface area contributed by atoms with Gasteiger partial charge in [0.1, 0.15) is 0 Å². The molecule has 4 heteroatoms. The van der Waals surface area contributed by atoms with Crippen molar-refractivity contribution in [2.24, 2.45) is 11.3 Å². The molecule has 0 radical (unpaired) electrons. The van der Waals surface area contributed by atoms with E-state index in [9.17, 15) is 9.90 Å². The number of aliphatic hydroxyl groups is 1. The van der Waals surface area contributed by atoms with Gasteiger partial charge in [-0.1, -0.05) is 36.8 Å². The van der Waals surface area contributed by atoms with Crippen LogP contribution in [0.2, 0.25) is 0 Å². The Balaban J connectivity index is 1.36. The van der Waals surface area contributed by atoms with Crippen LogP contribution < -0.4 is 0 Å². The second-order valence-electron chi connectivity index (χ2n) is 8.30. The third-order valence-electron chi connectivity index (χ3n) is 6.96. The molecule has 1 N–H and O–H groups in total. The van der Waals surface area contributed by atoms with Gasteiger partial charge in [0.25, 0.3) is 0 Å². The summed E-state index contributed by atoms with van der Waals surface area (Å²) in [4.78, 5) is 17.3. The van der Waals surface area contributed by atoms with Crippen LogP contribution in [0.5, 0.6) is 0 Å². The van der Waals surface area contributed by atoms with Crippen LogP contribution in [0.25, 0.3) is 0 Å². The summed E-state index contributed by atoms with van der Waals surface area (Å²) < 4.78 is 0. The first kappa shape index (κ1) is 17.0. The Labute approximate surface area is 150 Å². The lowest BCUT2D eigenvalue weighted by Crippen LogP contribution is -2.48. The fourth-order valence-corrected chi connectivity index (χ4v) is 5.01. The van der Waals surface area contributed by atoms with Crippen LogP contribution >= 0.6 is 0 Å². The average Bonchev–Trinajstić information content (AvgIpc) is 2.92. The van der Waals surface area contributed by atoms with E-state index in [0.29, 0.717) is 18.9 Å². The Morgan fingerprint density at radius 3 is 2.48 bits per heavy atom.